The zero-order chi connectivity index (χ0) is 19.6. The fourth-order valence-corrected chi connectivity index (χ4v) is 4.86. The van der Waals surface area contributed by atoms with Gasteiger partial charge in [0.2, 0.25) is 0 Å². The number of allylic oxidation sites excluding steroid dienone is 2. The van der Waals surface area contributed by atoms with Crippen molar-refractivity contribution < 1.29 is 0 Å². The lowest BCUT2D eigenvalue weighted by molar-refractivity contribution is 0.418. The molecule has 2 nitrogen and oxygen atoms in total. The Bertz CT molecular complexity index is 783. The second-order valence-electron chi connectivity index (χ2n) is 8.38. The number of aryl methyl sites for hydroxylation is 2. The van der Waals surface area contributed by atoms with Crippen molar-refractivity contribution in [2.75, 3.05) is 6.54 Å². The van der Waals surface area contributed by atoms with E-state index in [0.717, 1.165) is 30.7 Å². The lowest BCUT2D eigenvalue weighted by atomic mass is 9.74. The number of hydrogen-bond donors (Lipinski definition) is 0. The summed E-state index contributed by atoms with van der Waals surface area (Å²) in [5.41, 5.74) is 7.63. The van der Waals surface area contributed by atoms with E-state index in [0.29, 0.717) is 0 Å². The fourth-order valence-electron chi connectivity index (χ4n) is 4.86. The molecule has 0 spiro atoms. The highest BCUT2D eigenvalue weighted by Gasteiger charge is 2.39. The Balaban J connectivity index is 2.02. The van der Waals surface area contributed by atoms with Crippen LogP contribution >= 0.6 is 0 Å². The van der Waals surface area contributed by atoms with Crippen molar-refractivity contribution in [3.05, 3.63) is 71.1 Å². The summed E-state index contributed by atoms with van der Waals surface area (Å²) < 4.78 is 0. The summed E-state index contributed by atoms with van der Waals surface area (Å²) in [7, 11) is 0. The van der Waals surface area contributed by atoms with Gasteiger partial charge >= 0.3 is 0 Å². The first-order valence-electron chi connectivity index (χ1n) is 10.4. The van der Waals surface area contributed by atoms with Gasteiger partial charge in [-0.15, -0.1) is 0 Å². The van der Waals surface area contributed by atoms with Crippen LogP contribution in [0.2, 0.25) is 0 Å². The van der Waals surface area contributed by atoms with E-state index < -0.39 is 0 Å². The van der Waals surface area contributed by atoms with Gasteiger partial charge in [-0.2, -0.15) is 0 Å². The fraction of sp³-hybridized carbons (Fsp3) is 0.480. The third-order valence-corrected chi connectivity index (χ3v) is 6.22. The summed E-state index contributed by atoms with van der Waals surface area (Å²) in [6, 6.07) is 7.07. The maximum atomic E-state index is 4.98. The van der Waals surface area contributed by atoms with Gasteiger partial charge in [-0.05, 0) is 57.2 Å². The van der Waals surface area contributed by atoms with E-state index >= 15 is 0 Å². The van der Waals surface area contributed by atoms with Crippen molar-refractivity contribution in [3.63, 3.8) is 0 Å². The first-order valence-corrected chi connectivity index (χ1v) is 10.4. The summed E-state index contributed by atoms with van der Waals surface area (Å²) in [5, 5.41) is 0. The maximum Gasteiger partial charge on any atom is 0.110 e. The molecule has 3 rings (SSSR count). The molecule has 1 aromatic carbocycles. The number of nitrogens with zero attached hydrogens (tertiary/aromatic N) is 2. The van der Waals surface area contributed by atoms with Crippen LogP contribution in [-0.4, -0.2) is 17.3 Å². The average Bonchev–Trinajstić information content (AvgIpc) is 3.09. The number of rotatable bonds is 6. The minimum atomic E-state index is 0.194. The van der Waals surface area contributed by atoms with Crippen molar-refractivity contribution in [2.45, 2.75) is 71.6 Å². The molecule has 1 heterocycles. The van der Waals surface area contributed by atoms with Crippen LogP contribution in [0.1, 0.15) is 69.1 Å². The molecule has 2 aliphatic rings. The zero-order valence-corrected chi connectivity index (χ0v) is 17.6. The molecule has 0 radical (unpaired) electrons. The van der Waals surface area contributed by atoms with Crippen LogP contribution in [0.15, 0.2) is 59.4 Å². The van der Waals surface area contributed by atoms with Crippen LogP contribution in [0.5, 0.6) is 0 Å². The van der Waals surface area contributed by atoms with Crippen molar-refractivity contribution in [1.29, 1.82) is 0 Å². The Labute approximate surface area is 165 Å². The summed E-state index contributed by atoms with van der Waals surface area (Å²) >= 11 is 0. The van der Waals surface area contributed by atoms with Crippen LogP contribution in [-0.2, 0) is 5.41 Å². The van der Waals surface area contributed by atoms with Gasteiger partial charge in [0.1, 0.15) is 5.84 Å². The Hall–Kier alpha value is -2.09. The number of benzene rings is 1. The number of aliphatic imine (C=N–C) groups is 1. The molecule has 1 fully saturated rings. The van der Waals surface area contributed by atoms with Crippen molar-refractivity contribution in [3.8, 4) is 0 Å². The highest BCUT2D eigenvalue weighted by molar-refractivity contribution is 5.89. The molecule has 27 heavy (non-hydrogen) atoms. The number of hydrogen-bond acceptors (Lipinski definition) is 2. The Morgan fingerprint density at radius 1 is 1.11 bits per heavy atom. The normalized spacial score (nSPS) is 19.5. The minimum Gasteiger partial charge on any atom is -0.330 e. The first kappa shape index (κ1) is 19.7. The third kappa shape index (κ3) is 3.81. The lowest BCUT2D eigenvalue weighted by Crippen LogP contribution is -2.39. The van der Waals surface area contributed by atoms with E-state index in [2.05, 4.69) is 64.0 Å². The van der Waals surface area contributed by atoms with Crippen LogP contribution in [0.25, 0.3) is 0 Å². The van der Waals surface area contributed by atoms with E-state index in [1.54, 1.807) is 0 Å². The third-order valence-electron chi connectivity index (χ3n) is 6.22. The molecule has 1 aliphatic carbocycles. The van der Waals surface area contributed by atoms with Crippen LogP contribution < -0.4 is 0 Å². The molecule has 0 atom stereocenters. The molecule has 0 N–H and O–H groups in total. The second-order valence-corrected chi connectivity index (χ2v) is 8.38. The van der Waals surface area contributed by atoms with Crippen LogP contribution in [0.3, 0.4) is 0 Å². The predicted molar refractivity (Wildman–Crippen MR) is 117 cm³/mol. The predicted octanol–water partition coefficient (Wildman–Crippen LogP) is 6.60. The van der Waals surface area contributed by atoms with Gasteiger partial charge in [0, 0.05) is 24.1 Å². The molecule has 0 saturated heterocycles. The van der Waals surface area contributed by atoms with Gasteiger partial charge in [0.25, 0.3) is 0 Å². The standard InChI is InChI=1S/C25H34N2/c1-7-13-27-23(8-2)20(5)21(6)26-24(27)17-25(11-9-10-12-25)22-15-18(3)14-19(4)16-22/h8,14-16H,2,6-7,9-13,17H2,1,3-5H3. The van der Waals surface area contributed by atoms with Gasteiger partial charge in [0.05, 0.1) is 5.70 Å². The van der Waals surface area contributed by atoms with E-state index in [-0.39, 0.29) is 5.41 Å². The lowest BCUT2D eigenvalue weighted by Gasteiger charge is -2.38. The molecular weight excluding hydrogens is 328 g/mol. The van der Waals surface area contributed by atoms with Gasteiger partial charge in [-0.25, -0.2) is 4.99 Å². The zero-order valence-electron chi connectivity index (χ0n) is 17.6. The second kappa shape index (κ2) is 7.88. The molecular formula is C25H34N2. The van der Waals surface area contributed by atoms with Gasteiger partial charge < -0.3 is 4.90 Å². The molecule has 1 aliphatic heterocycles. The van der Waals surface area contributed by atoms with E-state index in [1.807, 2.05) is 6.08 Å². The Kier molecular flexibility index (Phi) is 5.74. The molecule has 1 aromatic rings. The topological polar surface area (TPSA) is 15.6 Å². The van der Waals surface area contributed by atoms with Crippen molar-refractivity contribution in [1.82, 2.24) is 4.90 Å². The van der Waals surface area contributed by atoms with E-state index in [4.69, 9.17) is 4.99 Å². The monoisotopic (exact) mass is 362 g/mol. The maximum absolute atomic E-state index is 4.98. The van der Waals surface area contributed by atoms with Crippen molar-refractivity contribution >= 4 is 5.84 Å². The molecule has 0 unspecified atom stereocenters. The van der Waals surface area contributed by atoms with Gasteiger partial charge in [-0.1, -0.05) is 62.2 Å². The van der Waals surface area contributed by atoms with E-state index in [9.17, 15) is 0 Å². The number of amidine groups is 1. The summed E-state index contributed by atoms with van der Waals surface area (Å²) in [6.45, 7) is 18.0. The van der Waals surface area contributed by atoms with Gasteiger partial charge in [-0.3, -0.25) is 0 Å². The summed E-state index contributed by atoms with van der Waals surface area (Å²) in [5.74, 6) is 1.17. The minimum absolute atomic E-state index is 0.194. The van der Waals surface area contributed by atoms with E-state index in [1.165, 1.54) is 53.9 Å². The van der Waals surface area contributed by atoms with Gasteiger partial charge in [0.15, 0.2) is 0 Å². The molecule has 0 bridgehead atoms. The summed E-state index contributed by atoms with van der Waals surface area (Å²) in [4.78, 5) is 7.37. The molecule has 144 valence electrons. The highest BCUT2D eigenvalue weighted by atomic mass is 15.2. The Morgan fingerprint density at radius 3 is 2.30 bits per heavy atom. The molecule has 0 aromatic heterocycles. The highest BCUT2D eigenvalue weighted by Crippen LogP contribution is 2.46. The smallest absolute Gasteiger partial charge is 0.110 e. The van der Waals surface area contributed by atoms with Crippen LogP contribution in [0, 0.1) is 13.8 Å². The Morgan fingerprint density at radius 2 is 1.74 bits per heavy atom. The largest absolute Gasteiger partial charge is 0.330 e. The SMILES string of the molecule is C=CC1=C(C)C(=C)N=C(CC2(c3cc(C)cc(C)c3)CCCC2)N1CCC. The molecule has 0 amide bonds. The quantitative estimate of drug-likeness (QED) is 0.556. The first-order chi connectivity index (χ1) is 12.9. The van der Waals surface area contributed by atoms with Crippen LogP contribution in [0.4, 0.5) is 0 Å². The van der Waals surface area contributed by atoms with Crippen molar-refractivity contribution in [2.24, 2.45) is 4.99 Å². The summed E-state index contributed by atoms with van der Waals surface area (Å²) in [6.07, 6.45) is 9.15. The molecule has 2 heteroatoms. The average molecular weight is 363 g/mol. The molecule has 1 saturated carbocycles.